The molecule has 0 aliphatic carbocycles. The zero-order valence-electron chi connectivity index (χ0n) is 12.9. The molecule has 1 saturated heterocycles. The van der Waals surface area contributed by atoms with Gasteiger partial charge in [0.1, 0.15) is 0 Å². The Balaban J connectivity index is 1.95. The lowest BCUT2D eigenvalue weighted by atomic mass is 9.91. The molecule has 1 aromatic rings. The molecule has 2 unspecified atom stereocenters. The number of non-ortho nitro benzene ring substituents is 1. The van der Waals surface area contributed by atoms with Gasteiger partial charge in [-0.2, -0.15) is 0 Å². The molecule has 2 rings (SSSR count). The Kier molecular flexibility index (Phi) is 5.56. The summed E-state index contributed by atoms with van der Waals surface area (Å²) < 4.78 is 0. The zero-order chi connectivity index (χ0) is 15.2. The van der Waals surface area contributed by atoms with Gasteiger partial charge in [-0.25, -0.2) is 0 Å². The summed E-state index contributed by atoms with van der Waals surface area (Å²) in [5.41, 5.74) is 0.979. The molecule has 0 amide bonds. The van der Waals surface area contributed by atoms with Crippen LogP contribution in [0.25, 0.3) is 0 Å². The van der Waals surface area contributed by atoms with Crippen molar-refractivity contribution in [2.45, 2.75) is 39.2 Å². The van der Waals surface area contributed by atoms with E-state index in [4.69, 9.17) is 0 Å². The van der Waals surface area contributed by atoms with Crippen molar-refractivity contribution in [1.82, 2.24) is 4.90 Å². The van der Waals surface area contributed by atoms with E-state index >= 15 is 0 Å². The van der Waals surface area contributed by atoms with Crippen LogP contribution in [0.3, 0.4) is 0 Å². The Hall–Kier alpha value is -1.62. The summed E-state index contributed by atoms with van der Waals surface area (Å²) >= 11 is 0. The second-order valence-electron chi connectivity index (χ2n) is 5.94. The molecule has 5 nitrogen and oxygen atoms in total. The number of nitro benzene ring substituents is 1. The summed E-state index contributed by atoms with van der Waals surface area (Å²) in [4.78, 5) is 13.0. The molecule has 0 spiro atoms. The average molecular weight is 291 g/mol. The third-order valence-electron chi connectivity index (χ3n) is 4.24. The maximum absolute atomic E-state index is 10.8. The Labute approximate surface area is 126 Å². The smallest absolute Gasteiger partial charge is 0.271 e. The van der Waals surface area contributed by atoms with Crippen LogP contribution in [0.15, 0.2) is 24.3 Å². The second-order valence-corrected chi connectivity index (χ2v) is 5.94. The molecule has 1 heterocycles. The average Bonchev–Trinajstić information content (AvgIpc) is 2.48. The molecule has 2 atom stereocenters. The highest BCUT2D eigenvalue weighted by molar-refractivity contribution is 5.51. The second kappa shape index (κ2) is 7.41. The van der Waals surface area contributed by atoms with E-state index in [0.29, 0.717) is 12.0 Å². The normalized spacial score (nSPS) is 21.0. The summed E-state index contributed by atoms with van der Waals surface area (Å²) in [6.45, 7) is 7.89. The lowest BCUT2D eigenvalue weighted by Crippen LogP contribution is -2.42. The topological polar surface area (TPSA) is 58.4 Å². The highest BCUT2D eigenvalue weighted by atomic mass is 16.6. The first kappa shape index (κ1) is 15.8. The van der Waals surface area contributed by atoms with Crippen molar-refractivity contribution in [1.29, 1.82) is 0 Å². The van der Waals surface area contributed by atoms with E-state index < -0.39 is 0 Å². The molecular formula is C16H25N3O2. The number of nitro groups is 1. The Morgan fingerprint density at radius 1 is 1.52 bits per heavy atom. The number of benzene rings is 1. The van der Waals surface area contributed by atoms with Gasteiger partial charge in [0.05, 0.1) is 4.92 Å². The van der Waals surface area contributed by atoms with Crippen molar-refractivity contribution in [3.63, 3.8) is 0 Å². The molecule has 1 aliphatic rings. The lowest BCUT2D eigenvalue weighted by molar-refractivity contribution is -0.384. The summed E-state index contributed by atoms with van der Waals surface area (Å²) in [5.74, 6) is 0.601. The number of nitrogens with zero attached hydrogens (tertiary/aromatic N) is 2. The fourth-order valence-corrected chi connectivity index (χ4v) is 3.11. The number of hydrogen-bond acceptors (Lipinski definition) is 4. The molecule has 1 fully saturated rings. The van der Waals surface area contributed by atoms with Crippen LogP contribution in [0.2, 0.25) is 0 Å². The fourth-order valence-electron chi connectivity index (χ4n) is 3.11. The zero-order valence-corrected chi connectivity index (χ0v) is 12.9. The summed E-state index contributed by atoms with van der Waals surface area (Å²) in [5, 5.41) is 14.3. The van der Waals surface area contributed by atoms with Crippen molar-refractivity contribution in [2.75, 3.05) is 25.0 Å². The number of likely N-dealkylation sites (tertiary alicyclic amines) is 1. The molecule has 5 heteroatoms. The van der Waals surface area contributed by atoms with Gasteiger partial charge in [0.15, 0.2) is 0 Å². The van der Waals surface area contributed by atoms with Gasteiger partial charge in [-0.05, 0) is 51.3 Å². The van der Waals surface area contributed by atoms with E-state index in [0.717, 1.165) is 12.2 Å². The first-order valence-corrected chi connectivity index (χ1v) is 7.83. The van der Waals surface area contributed by atoms with Crippen molar-refractivity contribution in [3.05, 3.63) is 34.4 Å². The van der Waals surface area contributed by atoms with Crippen LogP contribution < -0.4 is 5.32 Å². The predicted molar refractivity (Wildman–Crippen MR) is 85.6 cm³/mol. The number of hydrogen-bond donors (Lipinski definition) is 1. The number of anilines is 1. The van der Waals surface area contributed by atoms with E-state index in [-0.39, 0.29) is 10.6 Å². The minimum Gasteiger partial charge on any atom is -0.382 e. The van der Waals surface area contributed by atoms with Crippen LogP contribution in [-0.2, 0) is 0 Å². The molecule has 0 saturated carbocycles. The van der Waals surface area contributed by atoms with Gasteiger partial charge in [0, 0.05) is 30.4 Å². The molecule has 1 aliphatic heterocycles. The van der Waals surface area contributed by atoms with E-state index in [9.17, 15) is 10.1 Å². The van der Waals surface area contributed by atoms with Crippen molar-refractivity contribution < 1.29 is 4.92 Å². The lowest BCUT2D eigenvalue weighted by Gasteiger charge is -2.36. The first-order valence-electron chi connectivity index (χ1n) is 7.83. The van der Waals surface area contributed by atoms with Gasteiger partial charge in [0.25, 0.3) is 5.69 Å². The number of piperidine rings is 1. The van der Waals surface area contributed by atoms with Gasteiger partial charge in [0.2, 0.25) is 0 Å². The molecular weight excluding hydrogens is 266 g/mol. The van der Waals surface area contributed by atoms with E-state index in [1.807, 2.05) is 6.07 Å². The minimum absolute atomic E-state index is 0.142. The standard InChI is InChI=1S/C16H25N3O2/c1-3-9-18-10-5-6-14(12-18)13(2)17-15-7-4-8-16(11-15)19(20)21/h4,7-8,11,13-14,17H,3,5-6,9-10,12H2,1-2H3. The van der Waals surface area contributed by atoms with Gasteiger partial charge < -0.3 is 10.2 Å². The number of nitrogens with one attached hydrogen (secondary N) is 1. The largest absolute Gasteiger partial charge is 0.382 e. The van der Waals surface area contributed by atoms with E-state index in [1.165, 1.54) is 38.4 Å². The van der Waals surface area contributed by atoms with Gasteiger partial charge in [-0.15, -0.1) is 0 Å². The summed E-state index contributed by atoms with van der Waals surface area (Å²) in [6, 6.07) is 7.10. The van der Waals surface area contributed by atoms with E-state index in [1.54, 1.807) is 12.1 Å². The highest BCUT2D eigenvalue weighted by Gasteiger charge is 2.24. The number of rotatable bonds is 6. The van der Waals surface area contributed by atoms with Crippen LogP contribution in [-0.4, -0.2) is 35.5 Å². The Bertz CT molecular complexity index is 476. The van der Waals surface area contributed by atoms with Crippen LogP contribution in [0.4, 0.5) is 11.4 Å². The van der Waals surface area contributed by atoms with Gasteiger partial charge in [-0.3, -0.25) is 10.1 Å². The molecule has 0 radical (unpaired) electrons. The SMILES string of the molecule is CCCN1CCCC(C(C)Nc2cccc([N+](=O)[O-])c2)C1. The maximum Gasteiger partial charge on any atom is 0.271 e. The van der Waals surface area contributed by atoms with Crippen LogP contribution in [0.5, 0.6) is 0 Å². The van der Waals surface area contributed by atoms with Crippen molar-refractivity contribution in [3.8, 4) is 0 Å². The molecule has 1 N–H and O–H groups in total. The molecule has 0 aromatic heterocycles. The molecule has 0 bridgehead atoms. The van der Waals surface area contributed by atoms with Crippen LogP contribution in [0.1, 0.15) is 33.1 Å². The minimum atomic E-state index is -0.348. The Morgan fingerprint density at radius 3 is 3.05 bits per heavy atom. The molecule has 1 aromatic carbocycles. The van der Waals surface area contributed by atoms with E-state index in [2.05, 4.69) is 24.1 Å². The van der Waals surface area contributed by atoms with Crippen LogP contribution in [0, 0.1) is 16.0 Å². The maximum atomic E-state index is 10.8. The predicted octanol–water partition coefficient (Wildman–Crippen LogP) is 3.52. The molecule has 21 heavy (non-hydrogen) atoms. The van der Waals surface area contributed by atoms with Gasteiger partial charge in [-0.1, -0.05) is 13.0 Å². The highest BCUT2D eigenvalue weighted by Crippen LogP contribution is 2.24. The first-order chi connectivity index (χ1) is 10.1. The monoisotopic (exact) mass is 291 g/mol. The summed E-state index contributed by atoms with van der Waals surface area (Å²) in [7, 11) is 0. The third-order valence-corrected chi connectivity index (χ3v) is 4.24. The molecule has 116 valence electrons. The Morgan fingerprint density at radius 2 is 2.33 bits per heavy atom. The summed E-state index contributed by atoms with van der Waals surface area (Å²) in [6.07, 6.45) is 3.66. The van der Waals surface area contributed by atoms with Crippen molar-refractivity contribution >= 4 is 11.4 Å². The van der Waals surface area contributed by atoms with Crippen LogP contribution >= 0.6 is 0 Å². The fraction of sp³-hybridized carbons (Fsp3) is 0.625. The van der Waals surface area contributed by atoms with Crippen molar-refractivity contribution in [2.24, 2.45) is 5.92 Å². The van der Waals surface area contributed by atoms with Gasteiger partial charge >= 0.3 is 0 Å². The third kappa shape index (κ3) is 4.43. The quantitative estimate of drug-likeness (QED) is 0.643.